The highest BCUT2D eigenvalue weighted by molar-refractivity contribution is 6.76. The van der Waals surface area contributed by atoms with Crippen molar-refractivity contribution in [3.63, 3.8) is 0 Å². The number of likely N-dealkylation sites (tertiary alicyclic amines) is 1. The van der Waals surface area contributed by atoms with E-state index in [0.717, 1.165) is 17.6 Å². The molecule has 0 unspecified atom stereocenters. The molecule has 3 atom stereocenters. The van der Waals surface area contributed by atoms with Gasteiger partial charge >= 0.3 is 17.8 Å². The van der Waals surface area contributed by atoms with E-state index in [9.17, 15) is 23.9 Å². The molecular formula is C34H42F2N8O5Si. The summed E-state index contributed by atoms with van der Waals surface area (Å²) in [5.41, 5.74) is 1.69. The Bertz CT molecular complexity index is 1920. The smallest absolute Gasteiger partial charge is 0.405 e. The maximum atomic E-state index is 15.0. The number of hydrogen-bond donors (Lipinski definition) is 3. The van der Waals surface area contributed by atoms with Crippen LogP contribution in [0.4, 0.5) is 18.4 Å². The lowest BCUT2D eigenvalue weighted by molar-refractivity contribution is 0.0861. The summed E-state index contributed by atoms with van der Waals surface area (Å²) in [6.45, 7) is 8.26. The van der Waals surface area contributed by atoms with Crippen LogP contribution in [0.2, 0.25) is 25.7 Å². The van der Waals surface area contributed by atoms with Gasteiger partial charge in [-0.15, -0.1) is 0 Å². The van der Waals surface area contributed by atoms with E-state index in [-0.39, 0.29) is 48.6 Å². The number of amides is 3. The number of aromatic nitrogens is 5. The van der Waals surface area contributed by atoms with Crippen LogP contribution in [0.15, 0.2) is 53.7 Å². The number of nitrogens with one attached hydrogen (secondary N) is 2. The van der Waals surface area contributed by atoms with E-state index in [1.165, 1.54) is 24.5 Å². The molecule has 4 aromatic rings. The molecule has 6 rings (SSSR count). The van der Waals surface area contributed by atoms with Crippen molar-refractivity contribution in [1.82, 2.24) is 39.6 Å². The molecule has 4 heterocycles. The molecule has 0 spiro atoms. The van der Waals surface area contributed by atoms with Crippen LogP contribution in [0.25, 0.3) is 11.2 Å². The predicted molar refractivity (Wildman–Crippen MR) is 183 cm³/mol. The lowest BCUT2D eigenvalue weighted by atomic mass is 9.86. The second kappa shape index (κ2) is 14.6. The highest BCUT2D eigenvalue weighted by Crippen LogP contribution is 2.42. The Hall–Kier alpha value is -4.70. The molecule has 1 aliphatic heterocycles. The Morgan fingerprint density at radius 2 is 1.70 bits per heavy atom. The van der Waals surface area contributed by atoms with Crippen LogP contribution in [0.1, 0.15) is 66.7 Å². The zero-order chi connectivity index (χ0) is 35.6. The third-order valence-electron chi connectivity index (χ3n) is 9.56. The van der Waals surface area contributed by atoms with Gasteiger partial charge in [-0.1, -0.05) is 31.8 Å². The van der Waals surface area contributed by atoms with Gasteiger partial charge in [0, 0.05) is 58.3 Å². The molecule has 0 bridgehead atoms. The standard InChI is InChI=1S/C34H42F2N8O5Si/c1-50(2,3)19-18-49-20-43-31-26(8-5-13-39-31)44(34(43)48)21-11-16-42(17-12-21)32(45)40-25-10-9-23(22-6-4-7-24(35)27(22)36)28(41-33(46)47)30-29(25)37-14-15-38-30/h4-8,13-15,21,23,25,28,41H,9-12,16-20H2,1-3H3,(H,40,45)(H,46,47)/t23-,25-,28+/m1/s1. The van der Waals surface area contributed by atoms with Gasteiger partial charge < -0.3 is 25.4 Å². The molecule has 0 saturated carbocycles. The zero-order valence-corrected chi connectivity index (χ0v) is 29.3. The Morgan fingerprint density at radius 1 is 0.960 bits per heavy atom. The number of fused-ring (bicyclic) bond motifs is 2. The summed E-state index contributed by atoms with van der Waals surface area (Å²) in [6.07, 6.45) is 4.70. The summed E-state index contributed by atoms with van der Waals surface area (Å²) in [4.78, 5) is 54.3. The maximum absolute atomic E-state index is 15.0. The fraction of sp³-hybridized carbons (Fsp3) is 0.471. The Kier molecular flexibility index (Phi) is 10.3. The summed E-state index contributed by atoms with van der Waals surface area (Å²) in [5.74, 6) is -2.91. The fourth-order valence-corrected chi connectivity index (χ4v) is 7.73. The van der Waals surface area contributed by atoms with E-state index < -0.39 is 43.8 Å². The van der Waals surface area contributed by atoms with Gasteiger partial charge in [0.05, 0.1) is 29.0 Å². The second-order valence-corrected chi connectivity index (χ2v) is 19.7. The Morgan fingerprint density at radius 3 is 2.42 bits per heavy atom. The fourth-order valence-electron chi connectivity index (χ4n) is 6.97. The van der Waals surface area contributed by atoms with Crippen molar-refractivity contribution in [3.8, 4) is 0 Å². The normalized spacial score (nSPS) is 19.9. The highest BCUT2D eigenvalue weighted by atomic mass is 28.3. The highest BCUT2D eigenvalue weighted by Gasteiger charge is 2.38. The summed E-state index contributed by atoms with van der Waals surface area (Å²) >= 11 is 0. The number of imidazole rings is 1. The van der Waals surface area contributed by atoms with E-state index in [2.05, 4.69) is 45.2 Å². The Balaban J connectivity index is 1.17. The lowest BCUT2D eigenvalue weighted by Gasteiger charge is -2.33. The molecule has 50 heavy (non-hydrogen) atoms. The minimum Gasteiger partial charge on any atom is -0.465 e. The number of carbonyl (C=O) groups excluding carboxylic acids is 1. The molecule has 2 aliphatic rings. The number of carboxylic acid groups (broad SMARTS) is 1. The van der Waals surface area contributed by atoms with Crippen LogP contribution in [0.5, 0.6) is 0 Å². The number of nitrogens with zero attached hydrogens (tertiary/aromatic N) is 6. The Labute approximate surface area is 288 Å². The first-order chi connectivity index (χ1) is 23.9. The summed E-state index contributed by atoms with van der Waals surface area (Å²) < 4.78 is 38.6. The molecule has 16 heteroatoms. The number of halogens is 2. The van der Waals surface area contributed by atoms with Gasteiger partial charge in [-0.05, 0) is 55.5 Å². The monoisotopic (exact) mass is 708 g/mol. The quantitative estimate of drug-likeness (QED) is 0.116. The first-order valence-electron chi connectivity index (χ1n) is 16.9. The van der Waals surface area contributed by atoms with Gasteiger partial charge in [0.15, 0.2) is 17.3 Å². The largest absolute Gasteiger partial charge is 0.465 e. The second-order valence-electron chi connectivity index (χ2n) is 14.1. The molecule has 13 nitrogen and oxygen atoms in total. The third-order valence-corrected chi connectivity index (χ3v) is 11.3. The van der Waals surface area contributed by atoms with Gasteiger partial charge in [-0.2, -0.15) is 0 Å². The molecule has 1 aromatic carbocycles. The number of carbonyl (C=O) groups is 2. The van der Waals surface area contributed by atoms with Crippen LogP contribution >= 0.6 is 0 Å². The number of urea groups is 1. The molecule has 3 amide bonds. The first kappa shape index (κ1) is 35.1. The maximum Gasteiger partial charge on any atom is 0.405 e. The number of pyridine rings is 1. The van der Waals surface area contributed by atoms with E-state index in [0.29, 0.717) is 43.9 Å². The zero-order valence-electron chi connectivity index (χ0n) is 28.3. The van der Waals surface area contributed by atoms with Crippen molar-refractivity contribution in [2.24, 2.45) is 0 Å². The van der Waals surface area contributed by atoms with E-state index in [4.69, 9.17) is 4.74 Å². The van der Waals surface area contributed by atoms with Gasteiger partial charge in [-0.3, -0.25) is 19.1 Å². The number of rotatable bonds is 9. The van der Waals surface area contributed by atoms with Crippen molar-refractivity contribution in [2.75, 3.05) is 19.7 Å². The summed E-state index contributed by atoms with van der Waals surface area (Å²) in [7, 11) is -1.29. The van der Waals surface area contributed by atoms with Crippen molar-refractivity contribution in [1.29, 1.82) is 0 Å². The molecule has 266 valence electrons. The minimum atomic E-state index is -1.36. The van der Waals surface area contributed by atoms with Crippen LogP contribution in [0, 0.1) is 11.6 Å². The molecule has 1 saturated heterocycles. The molecule has 0 radical (unpaired) electrons. The van der Waals surface area contributed by atoms with Gasteiger partial charge in [0.1, 0.15) is 6.73 Å². The van der Waals surface area contributed by atoms with E-state index >= 15 is 4.39 Å². The number of ether oxygens (including phenoxy) is 1. The van der Waals surface area contributed by atoms with Gasteiger partial charge in [-0.25, -0.2) is 28.1 Å². The SMILES string of the molecule is C[Si](C)(C)CCOCn1c(=O)n(C2CCN(C(=O)N[C@@H]3CC[C@H](c4cccc(F)c4F)[C@H](NC(=O)O)c4nccnc43)CC2)c2cccnc21. The van der Waals surface area contributed by atoms with Gasteiger partial charge in [0.25, 0.3) is 0 Å². The first-order valence-corrected chi connectivity index (χ1v) is 20.6. The lowest BCUT2D eigenvalue weighted by Crippen LogP contribution is -2.46. The van der Waals surface area contributed by atoms with Crippen molar-refractivity contribution in [3.05, 3.63) is 88.0 Å². The minimum absolute atomic E-state index is 0.0133. The van der Waals surface area contributed by atoms with E-state index in [1.54, 1.807) is 26.3 Å². The number of hydrogen-bond acceptors (Lipinski definition) is 7. The third kappa shape index (κ3) is 7.40. The number of benzene rings is 1. The van der Waals surface area contributed by atoms with E-state index in [1.807, 2.05) is 6.07 Å². The molecule has 1 fully saturated rings. The summed E-state index contributed by atoms with van der Waals surface area (Å²) in [5, 5.41) is 15.1. The van der Waals surface area contributed by atoms with Crippen molar-refractivity contribution in [2.45, 2.75) is 82.1 Å². The molecular weight excluding hydrogens is 667 g/mol. The van der Waals surface area contributed by atoms with Crippen LogP contribution in [-0.4, -0.2) is 74.0 Å². The van der Waals surface area contributed by atoms with Crippen LogP contribution in [0.3, 0.4) is 0 Å². The molecule has 3 N–H and O–H groups in total. The topological polar surface area (TPSA) is 156 Å². The van der Waals surface area contributed by atoms with Crippen molar-refractivity contribution >= 4 is 31.4 Å². The predicted octanol–water partition coefficient (Wildman–Crippen LogP) is 5.55. The van der Waals surface area contributed by atoms with Gasteiger partial charge in [0.2, 0.25) is 0 Å². The van der Waals surface area contributed by atoms with Crippen LogP contribution in [-0.2, 0) is 11.5 Å². The summed E-state index contributed by atoms with van der Waals surface area (Å²) in [6, 6.07) is 6.26. The molecule has 3 aromatic heterocycles. The average Bonchev–Trinajstić information content (AvgIpc) is 3.28. The van der Waals surface area contributed by atoms with Crippen LogP contribution < -0.4 is 16.3 Å². The number of piperidine rings is 1. The van der Waals surface area contributed by atoms with Crippen molar-refractivity contribution < 1.29 is 28.2 Å². The average molecular weight is 709 g/mol. The molecule has 1 aliphatic carbocycles.